The van der Waals surface area contributed by atoms with Crippen molar-refractivity contribution in [3.05, 3.63) is 46.7 Å². The van der Waals surface area contributed by atoms with Gasteiger partial charge in [0, 0.05) is 17.2 Å². The molecule has 2 nitrogen and oxygen atoms in total. The van der Waals surface area contributed by atoms with Gasteiger partial charge in [0.2, 0.25) is 0 Å². The van der Waals surface area contributed by atoms with Crippen molar-refractivity contribution in [1.82, 2.24) is 0 Å². The minimum absolute atomic E-state index is 0.284. The van der Waals surface area contributed by atoms with E-state index in [0.717, 1.165) is 4.47 Å². The summed E-state index contributed by atoms with van der Waals surface area (Å²) < 4.78 is 25.0. The van der Waals surface area contributed by atoms with Gasteiger partial charge >= 0.3 is 0 Å². The third kappa shape index (κ3) is 2.34. The first-order valence-electron chi connectivity index (χ1n) is 5.33. The Bertz CT molecular complexity index is 570. The Morgan fingerprint density at radius 1 is 0.944 bits per heavy atom. The van der Waals surface area contributed by atoms with Crippen LogP contribution in [-0.2, 0) is 0 Å². The van der Waals surface area contributed by atoms with Gasteiger partial charge in [0.25, 0.3) is 0 Å². The molecule has 94 valence electrons. The van der Waals surface area contributed by atoms with Crippen LogP contribution < -0.4 is 9.47 Å². The van der Waals surface area contributed by atoms with Crippen LogP contribution in [0.15, 0.2) is 40.9 Å². The standard InChI is InChI=1S/C14H12BrFO2/c1-17-13-8-14(18-2)11(15)7-10(13)9-5-3-4-6-12(9)16/h3-8H,1-2H3. The molecule has 0 atom stereocenters. The molecule has 0 N–H and O–H groups in total. The van der Waals surface area contributed by atoms with Gasteiger partial charge in [0.15, 0.2) is 0 Å². The van der Waals surface area contributed by atoms with E-state index < -0.39 is 0 Å². The van der Waals surface area contributed by atoms with Gasteiger partial charge in [-0.1, -0.05) is 18.2 Å². The van der Waals surface area contributed by atoms with Crippen LogP contribution >= 0.6 is 15.9 Å². The van der Waals surface area contributed by atoms with Crippen LogP contribution in [0.4, 0.5) is 4.39 Å². The van der Waals surface area contributed by atoms with E-state index in [9.17, 15) is 4.39 Å². The largest absolute Gasteiger partial charge is 0.496 e. The lowest BCUT2D eigenvalue weighted by atomic mass is 10.0. The Balaban J connectivity index is 2.64. The molecule has 0 aliphatic carbocycles. The fourth-order valence-corrected chi connectivity index (χ4v) is 2.26. The monoisotopic (exact) mass is 310 g/mol. The van der Waals surface area contributed by atoms with E-state index in [-0.39, 0.29) is 5.82 Å². The molecule has 0 amide bonds. The number of ether oxygens (including phenoxy) is 2. The van der Waals surface area contributed by atoms with E-state index in [1.807, 2.05) is 0 Å². The average Bonchev–Trinajstić information content (AvgIpc) is 2.39. The van der Waals surface area contributed by atoms with Crippen molar-refractivity contribution in [2.24, 2.45) is 0 Å². The summed E-state index contributed by atoms with van der Waals surface area (Å²) in [6, 6.07) is 10.1. The average molecular weight is 311 g/mol. The first-order chi connectivity index (χ1) is 8.67. The van der Waals surface area contributed by atoms with E-state index in [1.54, 1.807) is 44.6 Å². The van der Waals surface area contributed by atoms with Gasteiger partial charge in [-0.2, -0.15) is 0 Å². The molecule has 0 radical (unpaired) electrons. The lowest BCUT2D eigenvalue weighted by Crippen LogP contribution is -1.93. The summed E-state index contributed by atoms with van der Waals surface area (Å²) in [6.07, 6.45) is 0. The Morgan fingerprint density at radius 2 is 1.61 bits per heavy atom. The first kappa shape index (κ1) is 12.9. The molecule has 4 heteroatoms. The minimum atomic E-state index is -0.284. The molecule has 0 aromatic heterocycles. The van der Waals surface area contributed by atoms with Crippen molar-refractivity contribution in [3.63, 3.8) is 0 Å². The molecule has 0 saturated carbocycles. The molecule has 18 heavy (non-hydrogen) atoms. The van der Waals surface area contributed by atoms with Crippen LogP contribution in [0.3, 0.4) is 0 Å². The molecule has 0 aliphatic heterocycles. The summed E-state index contributed by atoms with van der Waals surface area (Å²) in [5.74, 6) is 0.931. The summed E-state index contributed by atoms with van der Waals surface area (Å²) in [7, 11) is 3.12. The maximum atomic E-state index is 13.8. The SMILES string of the molecule is COc1cc(OC)c(-c2ccccc2F)cc1Br. The summed E-state index contributed by atoms with van der Waals surface area (Å²) >= 11 is 3.39. The molecule has 0 saturated heterocycles. The number of rotatable bonds is 3. The molecule has 0 spiro atoms. The van der Waals surface area contributed by atoms with E-state index in [1.165, 1.54) is 6.07 Å². The lowest BCUT2D eigenvalue weighted by molar-refractivity contribution is 0.393. The molecule has 0 aliphatic rings. The number of hydrogen-bond acceptors (Lipinski definition) is 2. The van der Waals surface area contributed by atoms with Crippen molar-refractivity contribution in [3.8, 4) is 22.6 Å². The molecule has 2 aromatic carbocycles. The van der Waals surface area contributed by atoms with Crippen molar-refractivity contribution >= 4 is 15.9 Å². The van der Waals surface area contributed by atoms with Crippen LogP contribution in [-0.4, -0.2) is 14.2 Å². The highest BCUT2D eigenvalue weighted by Gasteiger charge is 2.13. The van der Waals surface area contributed by atoms with E-state index >= 15 is 0 Å². The third-order valence-electron chi connectivity index (χ3n) is 2.64. The summed E-state index contributed by atoms with van der Waals surface area (Å²) in [5.41, 5.74) is 1.18. The Labute approximate surface area is 113 Å². The minimum Gasteiger partial charge on any atom is -0.496 e. The predicted octanol–water partition coefficient (Wildman–Crippen LogP) is 4.27. The second-order valence-corrected chi connectivity index (χ2v) is 4.52. The molecule has 0 heterocycles. The van der Waals surface area contributed by atoms with Crippen LogP contribution in [0.2, 0.25) is 0 Å². The van der Waals surface area contributed by atoms with Gasteiger partial charge in [-0.3, -0.25) is 0 Å². The maximum absolute atomic E-state index is 13.8. The van der Waals surface area contributed by atoms with Crippen LogP contribution in [0.5, 0.6) is 11.5 Å². The molecule has 2 aromatic rings. The second-order valence-electron chi connectivity index (χ2n) is 3.67. The molecule has 0 unspecified atom stereocenters. The highest BCUT2D eigenvalue weighted by molar-refractivity contribution is 9.10. The smallest absolute Gasteiger partial charge is 0.136 e. The molecule has 2 rings (SSSR count). The number of hydrogen-bond donors (Lipinski definition) is 0. The second kappa shape index (κ2) is 5.40. The molecular formula is C14H12BrFO2. The van der Waals surface area contributed by atoms with Gasteiger partial charge in [0.05, 0.1) is 18.7 Å². The van der Waals surface area contributed by atoms with Gasteiger partial charge in [-0.05, 0) is 28.1 Å². The zero-order valence-electron chi connectivity index (χ0n) is 10.0. The predicted molar refractivity (Wildman–Crippen MR) is 72.6 cm³/mol. The number of halogens is 2. The van der Waals surface area contributed by atoms with E-state index in [2.05, 4.69) is 15.9 Å². The quantitative estimate of drug-likeness (QED) is 0.842. The molecule has 0 bridgehead atoms. The zero-order chi connectivity index (χ0) is 13.1. The van der Waals surface area contributed by atoms with Crippen molar-refractivity contribution in [2.75, 3.05) is 14.2 Å². The third-order valence-corrected chi connectivity index (χ3v) is 3.26. The van der Waals surface area contributed by atoms with Crippen molar-refractivity contribution in [2.45, 2.75) is 0 Å². The number of benzene rings is 2. The molecule has 0 fully saturated rings. The summed E-state index contributed by atoms with van der Waals surface area (Å²) in [4.78, 5) is 0. The zero-order valence-corrected chi connectivity index (χ0v) is 11.6. The van der Waals surface area contributed by atoms with Gasteiger partial charge in [0.1, 0.15) is 17.3 Å². The van der Waals surface area contributed by atoms with Crippen LogP contribution in [0, 0.1) is 5.82 Å². The van der Waals surface area contributed by atoms with Crippen LogP contribution in [0.1, 0.15) is 0 Å². The lowest BCUT2D eigenvalue weighted by Gasteiger charge is -2.12. The molecular weight excluding hydrogens is 299 g/mol. The van der Waals surface area contributed by atoms with Gasteiger partial charge in [-0.25, -0.2) is 4.39 Å². The van der Waals surface area contributed by atoms with Crippen molar-refractivity contribution < 1.29 is 13.9 Å². The fourth-order valence-electron chi connectivity index (χ4n) is 1.75. The highest BCUT2D eigenvalue weighted by atomic mass is 79.9. The van der Waals surface area contributed by atoms with Crippen LogP contribution in [0.25, 0.3) is 11.1 Å². The fraction of sp³-hybridized carbons (Fsp3) is 0.143. The van der Waals surface area contributed by atoms with Gasteiger partial charge in [-0.15, -0.1) is 0 Å². The Hall–Kier alpha value is -1.55. The van der Waals surface area contributed by atoms with Gasteiger partial charge < -0.3 is 9.47 Å². The first-order valence-corrected chi connectivity index (χ1v) is 6.13. The highest BCUT2D eigenvalue weighted by Crippen LogP contribution is 2.39. The maximum Gasteiger partial charge on any atom is 0.136 e. The number of methoxy groups -OCH3 is 2. The Kier molecular flexibility index (Phi) is 3.87. The van der Waals surface area contributed by atoms with Crippen molar-refractivity contribution in [1.29, 1.82) is 0 Å². The topological polar surface area (TPSA) is 18.5 Å². The Morgan fingerprint density at radius 3 is 2.22 bits per heavy atom. The normalized spacial score (nSPS) is 10.2. The van der Waals surface area contributed by atoms with E-state index in [4.69, 9.17) is 9.47 Å². The summed E-state index contributed by atoms with van der Waals surface area (Å²) in [6.45, 7) is 0. The van der Waals surface area contributed by atoms with E-state index in [0.29, 0.717) is 22.6 Å². The summed E-state index contributed by atoms with van der Waals surface area (Å²) in [5, 5.41) is 0.